The average Bonchev–Trinajstić information content (AvgIpc) is 2.65. The fourth-order valence-electron chi connectivity index (χ4n) is 1.26. The molecule has 1 N–H and O–H groups in total. The zero-order valence-corrected chi connectivity index (χ0v) is 8.79. The molecule has 2 aromatic rings. The van der Waals surface area contributed by atoms with Gasteiger partial charge >= 0.3 is 0 Å². The third-order valence-electron chi connectivity index (χ3n) is 1.93. The summed E-state index contributed by atoms with van der Waals surface area (Å²) in [5.41, 5.74) is 0.726. The number of anilines is 1. The van der Waals surface area contributed by atoms with E-state index in [-0.39, 0.29) is 12.3 Å². The Kier molecular flexibility index (Phi) is 2.90. The van der Waals surface area contributed by atoms with E-state index in [2.05, 4.69) is 20.5 Å². The molecule has 6 nitrogen and oxygen atoms in total. The van der Waals surface area contributed by atoms with Crippen LogP contribution < -0.4 is 5.32 Å². The van der Waals surface area contributed by atoms with Crippen molar-refractivity contribution in [3.05, 3.63) is 36.3 Å². The first-order valence-electron chi connectivity index (χ1n) is 4.80. The fourth-order valence-corrected chi connectivity index (χ4v) is 1.26. The number of rotatable bonds is 3. The molecule has 0 fully saturated rings. The summed E-state index contributed by atoms with van der Waals surface area (Å²) < 4.78 is 0. The lowest BCUT2D eigenvalue weighted by Gasteiger charge is -2.00. The van der Waals surface area contributed by atoms with Crippen LogP contribution in [0.1, 0.15) is 5.69 Å². The SMILES string of the molecule is Cn1ncc(NC(=O)Cc2ccccn2)n1. The van der Waals surface area contributed by atoms with Crippen molar-refractivity contribution in [2.45, 2.75) is 6.42 Å². The first-order valence-corrected chi connectivity index (χ1v) is 4.80. The van der Waals surface area contributed by atoms with Gasteiger partial charge in [0.2, 0.25) is 5.91 Å². The van der Waals surface area contributed by atoms with Crippen molar-refractivity contribution in [3.63, 3.8) is 0 Å². The lowest BCUT2D eigenvalue weighted by Crippen LogP contribution is -2.15. The lowest BCUT2D eigenvalue weighted by atomic mass is 10.2. The molecule has 0 aliphatic heterocycles. The van der Waals surface area contributed by atoms with Crippen LogP contribution >= 0.6 is 0 Å². The third kappa shape index (κ3) is 2.63. The number of hydrogen-bond acceptors (Lipinski definition) is 4. The van der Waals surface area contributed by atoms with Crippen LogP contribution in [-0.4, -0.2) is 25.9 Å². The number of nitrogens with zero attached hydrogens (tertiary/aromatic N) is 4. The van der Waals surface area contributed by atoms with Crippen LogP contribution in [0.25, 0.3) is 0 Å². The zero-order chi connectivity index (χ0) is 11.4. The second-order valence-corrected chi connectivity index (χ2v) is 3.27. The highest BCUT2D eigenvalue weighted by atomic mass is 16.1. The van der Waals surface area contributed by atoms with Gasteiger partial charge in [0.05, 0.1) is 12.6 Å². The van der Waals surface area contributed by atoms with Crippen LogP contribution in [0, 0.1) is 0 Å². The molecule has 82 valence electrons. The van der Waals surface area contributed by atoms with Gasteiger partial charge in [-0.1, -0.05) is 6.07 Å². The third-order valence-corrected chi connectivity index (χ3v) is 1.93. The summed E-state index contributed by atoms with van der Waals surface area (Å²) in [6.07, 6.45) is 3.39. The molecule has 0 aromatic carbocycles. The van der Waals surface area contributed by atoms with Gasteiger partial charge in [-0.05, 0) is 12.1 Å². The van der Waals surface area contributed by atoms with E-state index in [9.17, 15) is 4.79 Å². The average molecular weight is 217 g/mol. The van der Waals surface area contributed by atoms with E-state index in [4.69, 9.17) is 0 Å². The standard InChI is InChI=1S/C10H11N5O/c1-15-12-7-9(14-15)13-10(16)6-8-4-2-3-5-11-8/h2-5,7H,6H2,1H3,(H,13,14,16). The molecule has 0 atom stereocenters. The first-order chi connectivity index (χ1) is 7.74. The number of pyridine rings is 1. The Morgan fingerprint density at radius 2 is 2.38 bits per heavy atom. The summed E-state index contributed by atoms with van der Waals surface area (Å²) in [7, 11) is 1.69. The Bertz CT molecular complexity index is 479. The maximum absolute atomic E-state index is 11.6. The van der Waals surface area contributed by atoms with Gasteiger partial charge in [-0.25, -0.2) is 0 Å². The topological polar surface area (TPSA) is 72.7 Å². The zero-order valence-electron chi connectivity index (χ0n) is 8.79. The van der Waals surface area contributed by atoms with Gasteiger partial charge in [-0.2, -0.15) is 9.90 Å². The summed E-state index contributed by atoms with van der Waals surface area (Å²) in [5.74, 6) is 0.294. The van der Waals surface area contributed by atoms with Gasteiger partial charge in [-0.15, -0.1) is 5.10 Å². The Morgan fingerprint density at radius 3 is 3.00 bits per heavy atom. The summed E-state index contributed by atoms with van der Waals surface area (Å²) in [6, 6.07) is 5.46. The number of carbonyl (C=O) groups is 1. The number of hydrogen-bond donors (Lipinski definition) is 1. The van der Waals surface area contributed by atoms with Crippen molar-refractivity contribution in [2.75, 3.05) is 5.32 Å². The van der Waals surface area contributed by atoms with Crippen LogP contribution in [0.4, 0.5) is 5.82 Å². The highest BCUT2D eigenvalue weighted by Gasteiger charge is 2.06. The smallest absolute Gasteiger partial charge is 0.231 e. The molecule has 0 aliphatic carbocycles. The second-order valence-electron chi connectivity index (χ2n) is 3.27. The van der Waals surface area contributed by atoms with Crippen molar-refractivity contribution < 1.29 is 4.79 Å². The predicted octanol–water partition coefficient (Wildman–Crippen LogP) is 0.391. The molecule has 1 amide bonds. The largest absolute Gasteiger partial charge is 0.308 e. The van der Waals surface area contributed by atoms with Gasteiger partial charge in [0.25, 0.3) is 0 Å². The number of carbonyl (C=O) groups excluding carboxylic acids is 1. The maximum atomic E-state index is 11.6. The summed E-state index contributed by atoms with van der Waals surface area (Å²) in [5, 5.41) is 10.4. The minimum Gasteiger partial charge on any atom is -0.308 e. The van der Waals surface area contributed by atoms with E-state index < -0.39 is 0 Å². The molecule has 2 aromatic heterocycles. The van der Waals surface area contributed by atoms with Crippen molar-refractivity contribution in [1.29, 1.82) is 0 Å². The quantitative estimate of drug-likeness (QED) is 0.807. The minimum atomic E-state index is -0.154. The summed E-state index contributed by atoms with van der Waals surface area (Å²) in [4.78, 5) is 17.0. The molecule has 2 heterocycles. The van der Waals surface area contributed by atoms with Gasteiger partial charge < -0.3 is 5.32 Å². The number of aromatic nitrogens is 4. The molecule has 0 spiro atoms. The Hall–Kier alpha value is -2.24. The highest BCUT2D eigenvalue weighted by Crippen LogP contribution is 2.00. The fraction of sp³-hybridized carbons (Fsp3) is 0.200. The van der Waals surface area contributed by atoms with Crippen LogP contribution in [-0.2, 0) is 18.3 Å². The van der Waals surface area contributed by atoms with Crippen molar-refractivity contribution in [3.8, 4) is 0 Å². The molecule has 0 bridgehead atoms. The van der Waals surface area contributed by atoms with Crippen LogP contribution in [0.15, 0.2) is 30.6 Å². The van der Waals surface area contributed by atoms with Crippen LogP contribution in [0.5, 0.6) is 0 Å². The molecular weight excluding hydrogens is 206 g/mol. The first kappa shape index (κ1) is 10.3. The normalized spacial score (nSPS) is 10.1. The van der Waals surface area contributed by atoms with E-state index in [1.165, 1.54) is 11.0 Å². The van der Waals surface area contributed by atoms with Gasteiger partial charge in [-0.3, -0.25) is 9.78 Å². The molecular formula is C10H11N5O. The van der Waals surface area contributed by atoms with Crippen molar-refractivity contribution in [2.24, 2.45) is 7.05 Å². The number of amides is 1. The monoisotopic (exact) mass is 217 g/mol. The van der Waals surface area contributed by atoms with Gasteiger partial charge in [0, 0.05) is 18.9 Å². The number of nitrogens with one attached hydrogen (secondary N) is 1. The van der Waals surface area contributed by atoms with E-state index in [0.29, 0.717) is 5.82 Å². The van der Waals surface area contributed by atoms with Crippen molar-refractivity contribution in [1.82, 2.24) is 20.0 Å². The van der Waals surface area contributed by atoms with Gasteiger partial charge in [0.15, 0.2) is 5.82 Å². The summed E-state index contributed by atoms with van der Waals surface area (Å²) >= 11 is 0. The minimum absolute atomic E-state index is 0.154. The molecule has 0 aliphatic rings. The maximum Gasteiger partial charge on any atom is 0.231 e. The molecule has 0 unspecified atom stereocenters. The Balaban J connectivity index is 1.95. The number of aryl methyl sites for hydroxylation is 1. The van der Waals surface area contributed by atoms with Crippen LogP contribution in [0.2, 0.25) is 0 Å². The predicted molar refractivity (Wildman–Crippen MR) is 57.6 cm³/mol. The molecule has 16 heavy (non-hydrogen) atoms. The summed E-state index contributed by atoms with van der Waals surface area (Å²) in [6.45, 7) is 0. The van der Waals surface area contributed by atoms with Crippen molar-refractivity contribution >= 4 is 11.7 Å². The van der Waals surface area contributed by atoms with E-state index in [1.807, 2.05) is 12.1 Å². The Morgan fingerprint density at radius 1 is 1.50 bits per heavy atom. The second kappa shape index (κ2) is 4.52. The van der Waals surface area contributed by atoms with Gasteiger partial charge in [0.1, 0.15) is 0 Å². The van der Waals surface area contributed by atoms with Crippen LogP contribution in [0.3, 0.4) is 0 Å². The lowest BCUT2D eigenvalue weighted by molar-refractivity contribution is -0.115. The molecule has 2 rings (SSSR count). The van der Waals surface area contributed by atoms with E-state index >= 15 is 0 Å². The molecule has 0 radical (unpaired) electrons. The molecule has 6 heteroatoms. The molecule has 0 saturated carbocycles. The van der Waals surface area contributed by atoms with E-state index in [0.717, 1.165) is 5.69 Å². The van der Waals surface area contributed by atoms with E-state index in [1.54, 1.807) is 19.3 Å². The Labute approximate surface area is 92.3 Å². The highest BCUT2D eigenvalue weighted by molar-refractivity contribution is 5.90. The molecule has 0 saturated heterocycles.